The van der Waals surface area contributed by atoms with Crippen molar-refractivity contribution < 1.29 is 0 Å². The lowest BCUT2D eigenvalue weighted by Gasteiger charge is -2.15. The minimum Gasteiger partial charge on any atom is -0.379 e. The second-order valence-electron chi connectivity index (χ2n) is 4.41. The molecule has 0 bridgehead atoms. The Bertz CT molecular complexity index is 534. The number of aromatic nitrogens is 2. The van der Waals surface area contributed by atoms with Crippen LogP contribution in [-0.2, 0) is 13.6 Å². The highest BCUT2D eigenvalue weighted by Crippen LogP contribution is 2.27. The third-order valence-electron chi connectivity index (χ3n) is 2.82. The molecule has 0 aliphatic carbocycles. The Morgan fingerprint density at radius 3 is 2.72 bits per heavy atom. The van der Waals surface area contributed by atoms with Crippen LogP contribution in [0.15, 0.2) is 30.7 Å². The standard InChI is InChI=1S/C13H17ClN4/c1-17(2)13-5-4-10(6-12(13)14)16-8-11-7-15-9-18(11)3/h4-7,9,16H,8H2,1-3H3. The Labute approximate surface area is 112 Å². The number of hydrogen-bond acceptors (Lipinski definition) is 3. The Balaban J connectivity index is 2.07. The molecule has 0 radical (unpaired) electrons. The van der Waals surface area contributed by atoms with Gasteiger partial charge in [0.15, 0.2) is 0 Å². The van der Waals surface area contributed by atoms with Crippen molar-refractivity contribution >= 4 is 23.0 Å². The zero-order valence-corrected chi connectivity index (χ0v) is 11.6. The largest absolute Gasteiger partial charge is 0.379 e. The van der Waals surface area contributed by atoms with Crippen molar-refractivity contribution in [1.29, 1.82) is 0 Å². The van der Waals surface area contributed by atoms with E-state index in [1.54, 1.807) is 6.33 Å². The number of imidazole rings is 1. The summed E-state index contributed by atoms with van der Waals surface area (Å²) >= 11 is 6.22. The van der Waals surface area contributed by atoms with E-state index in [9.17, 15) is 0 Å². The Kier molecular flexibility index (Phi) is 3.77. The first-order valence-electron chi connectivity index (χ1n) is 5.74. The lowest BCUT2D eigenvalue weighted by molar-refractivity contribution is 0.837. The van der Waals surface area contributed by atoms with E-state index in [0.717, 1.165) is 28.6 Å². The number of nitrogens with one attached hydrogen (secondary N) is 1. The first-order chi connectivity index (χ1) is 8.58. The molecule has 0 atom stereocenters. The minimum absolute atomic E-state index is 0.730. The maximum Gasteiger partial charge on any atom is 0.0946 e. The third kappa shape index (κ3) is 2.76. The van der Waals surface area contributed by atoms with Crippen LogP contribution in [0.25, 0.3) is 0 Å². The molecule has 96 valence electrons. The molecule has 0 saturated heterocycles. The van der Waals surface area contributed by atoms with Crippen molar-refractivity contribution in [1.82, 2.24) is 9.55 Å². The molecule has 0 fully saturated rings. The van der Waals surface area contributed by atoms with Gasteiger partial charge in [-0.15, -0.1) is 0 Å². The van der Waals surface area contributed by atoms with Crippen LogP contribution >= 0.6 is 11.6 Å². The van der Waals surface area contributed by atoms with Crippen molar-refractivity contribution in [2.75, 3.05) is 24.3 Å². The van der Waals surface area contributed by atoms with Crippen molar-refractivity contribution in [2.45, 2.75) is 6.54 Å². The van der Waals surface area contributed by atoms with Gasteiger partial charge in [-0.2, -0.15) is 0 Å². The third-order valence-corrected chi connectivity index (χ3v) is 3.12. The van der Waals surface area contributed by atoms with Gasteiger partial charge in [0.25, 0.3) is 0 Å². The molecule has 0 aliphatic rings. The molecule has 1 aromatic heterocycles. The average molecular weight is 265 g/mol. The number of benzene rings is 1. The van der Waals surface area contributed by atoms with Crippen LogP contribution in [0, 0.1) is 0 Å². The Hall–Kier alpha value is -1.68. The van der Waals surface area contributed by atoms with E-state index < -0.39 is 0 Å². The van der Waals surface area contributed by atoms with Gasteiger partial charge >= 0.3 is 0 Å². The summed E-state index contributed by atoms with van der Waals surface area (Å²) in [7, 11) is 5.93. The normalized spacial score (nSPS) is 10.4. The van der Waals surface area contributed by atoms with E-state index in [1.807, 2.05) is 55.0 Å². The highest BCUT2D eigenvalue weighted by atomic mass is 35.5. The molecular formula is C13H17ClN4. The molecule has 5 heteroatoms. The molecule has 18 heavy (non-hydrogen) atoms. The fourth-order valence-corrected chi connectivity index (χ4v) is 2.08. The molecule has 4 nitrogen and oxygen atoms in total. The van der Waals surface area contributed by atoms with Crippen molar-refractivity contribution in [3.63, 3.8) is 0 Å². The van der Waals surface area contributed by atoms with Crippen molar-refractivity contribution in [3.05, 3.63) is 41.4 Å². The van der Waals surface area contributed by atoms with Crippen LogP contribution in [0.4, 0.5) is 11.4 Å². The van der Waals surface area contributed by atoms with E-state index >= 15 is 0 Å². The molecule has 0 saturated carbocycles. The summed E-state index contributed by atoms with van der Waals surface area (Å²) in [6.45, 7) is 0.730. The number of hydrogen-bond donors (Lipinski definition) is 1. The summed E-state index contributed by atoms with van der Waals surface area (Å²) in [5.41, 5.74) is 3.15. The van der Waals surface area contributed by atoms with Gasteiger partial charge < -0.3 is 14.8 Å². The van der Waals surface area contributed by atoms with Crippen LogP contribution < -0.4 is 10.2 Å². The predicted octanol–water partition coefficient (Wildman–Crippen LogP) is 2.75. The summed E-state index contributed by atoms with van der Waals surface area (Å²) in [6.07, 6.45) is 3.64. The molecular weight excluding hydrogens is 248 g/mol. The van der Waals surface area contributed by atoms with Crippen LogP contribution in [0.3, 0.4) is 0 Å². The van der Waals surface area contributed by atoms with Gasteiger partial charge in [-0.3, -0.25) is 0 Å². The number of nitrogens with zero attached hydrogens (tertiary/aromatic N) is 3. The first-order valence-corrected chi connectivity index (χ1v) is 6.11. The lowest BCUT2D eigenvalue weighted by Crippen LogP contribution is -2.09. The summed E-state index contributed by atoms with van der Waals surface area (Å²) in [5.74, 6) is 0. The summed E-state index contributed by atoms with van der Waals surface area (Å²) < 4.78 is 1.99. The van der Waals surface area contributed by atoms with Gasteiger partial charge in [-0.05, 0) is 18.2 Å². The van der Waals surface area contributed by atoms with Gasteiger partial charge in [0.2, 0.25) is 0 Å². The van der Waals surface area contributed by atoms with Crippen LogP contribution in [0.5, 0.6) is 0 Å². The zero-order valence-electron chi connectivity index (χ0n) is 10.8. The van der Waals surface area contributed by atoms with Gasteiger partial charge in [0, 0.05) is 33.0 Å². The van der Waals surface area contributed by atoms with Gasteiger partial charge in [-0.25, -0.2) is 4.98 Å². The fraction of sp³-hybridized carbons (Fsp3) is 0.308. The zero-order chi connectivity index (χ0) is 13.1. The topological polar surface area (TPSA) is 33.1 Å². The number of rotatable bonds is 4. The molecule has 1 aromatic carbocycles. The van der Waals surface area contributed by atoms with Gasteiger partial charge in [0.1, 0.15) is 0 Å². The maximum atomic E-state index is 6.22. The summed E-state index contributed by atoms with van der Waals surface area (Å²) in [6, 6.07) is 5.97. The quantitative estimate of drug-likeness (QED) is 0.922. The van der Waals surface area contributed by atoms with E-state index in [4.69, 9.17) is 11.6 Å². The Morgan fingerprint density at radius 1 is 1.39 bits per heavy atom. The van der Waals surface area contributed by atoms with E-state index in [0.29, 0.717) is 0 Å². The molecule has 0 aliphatic heterocycles. The second kappa shape index (κ2) is 5.31. The van der Waals surface area contributed by atoms with Crippen LogP contribution in [0.2, 0.25) is 5.02 Å². The molecule has 1 heterocycles. The van der Waals surface area contributed by atoms with Crippen LogP contribution in [-0.4, -0.2) is 23.6 Å². The SMILES string of the molecule is CN(C)c1ccc(NCc2cncn2C)cc1Cl. The smallest absolute Gasteiger partial charge is 0.0946 e. The Morgan fingerprint density at radius 2 is 2.17 bits per heavy atom. The monoisotopic (exact) mass is 264 g/mol. The first kappa shape index (κ1) is 12.8. The molecule has 0 unspecified atom stereocenters. The number of halogens is 1. The summed E-state index contributed by atoms with van der Waals surface area (Å²) in [5, 5.41) is 4.08. The number of anilines is 2. The molecule has 1 N–H and O–H groups in total. The molecule has 0 spiro atoms. The van der Waals surface area contributed by atoms with Gasteiger partial charge in [0.05, 0.1) is 29.3 Å². The van der Waals surface area contributed by atoms with E-state index in [-0.39, 0.29) is 0 Å². The van der Waals surface area contributed by atoms with Crippen molar-refractivity contribution in [3.8, 4) is 0 Å². The summed E-state index contributed by atoms with van der Waals surface area (Å²) in [4.78, 5) is 6.07. The van der Waals surface area contributed by atoms with Crippen molar-refractivity contribution in [2.24, 2.45) is 7.05 Å². The highest BCUT2D eigenvalue weighted by molar-refractivity contribution is 6.33. The van der Waals surface area contributed by atoms with Gasteiger partial charge in [-0.1, -0.05) is 11.6 Å². The fourth-order valence-electron chi connectivity index (χ4n) is 1.73. The van der Waals surface area contributed by atoms with E-state index in [1.165, 1.54) is 0 Å². The molecule has 2 rings (SSSR count). The second-order valence-corrected chi connectivity index (χ2v) is 4.82. The van der Waals surface area contributed by atoms with Crippen LogP contribution in [0.1, 0.15) is 5.69 Å². The average Bonchev–Trinajstić information content (AvgIpc) is 2.72. The lowest BCUT2D eigenvalue weighted by atomic mass is 10.2. The van der Waals surface area contributed by atoms with E-state index in [2.05, 4.69) is 10.3 Å². The molecule has 0 amide bonds. The minimum atomic E-state index is 0.730. The number of aryl methyl sites for hydroxylation is 1. The molecule has 2 aromatic rings. The highest BCUT2D eigenvalue weighted by Gasteiger charge is 2.04. The predicted molar refractivity (Wildman–Crippen MR) is 76.3 cm³/mol. The maximum absolute atomic E-state index is 6.22.